The highest BCUT2D eigenvalue weighted by Crippen LogP contribution is 2.38. The Morgan fingerprint density at radius 1 is 1.18 bits per heavy atom. The molecule has 1 N–H and O–H groups in total. The van der Waals surface area contributed by atoms with Crippen LogP contribution < -0.4 is 15.0 Å². The van der Waals surface area contributed by atoms with Crippen LogP contribution in [0.25, 0.3) is 32.9 Å². The summed E-state index contributed by atoms with van der Waals surface area (Å²) in [5.41, 5.74) is -0.187. The molecule has 0 bridgehead atoms. The van der Waals surface area contributed by atoms with Gasteiger partial charge in [0.25, 0.3) is 0 Å². The Balaban J connectivity index is 1.66. The lowest BCUT2D eigenvalue weighted by Gasteiger charge is -2.34. The van der Waals surface area contributed by atoms with Crippen molar-refractivity contribution in [2.75, 3.05) is 31.1 Å². The number of fused-ring (bicyclic) bond motifs is 2. The minimum absolute atomic E-state index is 0.172. The van der Waals surface area contributed by atoms with E-state index in [-0.39, 0.29) is 50.8 Å². The van der Waals surface area contributed by atoms with Gasteiger partial charge in [-0.1, -0.05) is 35.9 Å². The minimum atomic E-state index is -4.46. The number of nitrogens with one attached hydrogen (secondary N) is 1. The van der Waals surface area contributed by atoms with Crippen molar-refractivity contribution < 1.29 is 26.7 Å². The van der Waals surface area contributed by atoms with Gasteiger partial charge in [-0.3, -0.25) is 4.98 Å². The standard InChI is InChI=1S/C26H20ClF5N6O/c27-20-18(28)5-4-14-2-1-3-16(19(14)20)22-21(29)23-17(12-35-22)24(38-10-9-34-15(13-38)6-8-33)37-25(36-23)39-11-7-26(30,31)32/h1-5,12,15,34H,6-7,9-11,13H2. The third kappa shape index (κ3) is 5.51. The van der Waals surface area contributed by atoms with E-state index in [2.05, 4.69) is 26.3 Å². The third-order valence-corrected chi connectivity index (χ3v) is 6.71. The number of benzene rings is 2. The smallest absolute Gasteiger partial charge is 0.392 e. The highest BCUT2D eigenvalue weighted by molar-refractivity contribution is 6.36. The van der Waals surface area contributed by atoms with Gasteiger partial charge in [0.2, 0.25) is 0 Å². The molecule has 0 spiro atoms. The van der Waals surface area contributed by atoms with Crippen molar-refractivity contribution in [3.05, 3.63) is 53.2 Å². The first-order valence-electron chi connectivity index (χ1n) is 11.9. The largest absolute Gasteiger partial charge is 0.463 e. The molecule has 1 fully saturated rings. The maximum atomic E-state index is 16.2. The van der Waals surface area contributed by atoms with Crippen molar-refractivity contribution in [2.45, 2.75) is 25.1 Å². The quantitative estimate of drug-likeness (QED) is 0.297. The molecule has 1 aliphatic heterocycles. The molecule has 4 aromatic rings. The van der Waals surface area contributed by atoms with E-state index in [1.807, 2.05) is 0 Å². The molecule has 7 nitrogen and oxygen atoms in total. The summed E-state index contributed by atoms with van der Waals surface area (Å²) >= 11 is 6.24. The summed E-state index contributed by atoms with van der Waals surface area (Å²) in [4.78, 5) is 14.5. The van der Waals surface area contributed by atoms with Gasteiger partial charge >= 0.3 is 12.2 Å². The fourth-order valence-corrected chi connectivity index (χ4v) is 4.82. The van der Waals surface area contributed by atoms with Crippen molar-refractivity contribution in [3.63, 3.8) is 0 Å². The summed E-state index contributed by atoms with van der Waals surface area (Å²) in [6.45, 7) is 0.502. The molecule has 1 aliphatic rings. The van der Waals surface area contributed by atoms with E-state index in [0.717, 1.165) is 0 Å². The summed E-state index contributed by atoms with van der Waals surface area (Å²) in [5, 5.41) is 13.1. The zero-order valence-corrected chi connectivity index (χ0v) is 21.0. The van der Waals surface area contributed by atoms with Crippen molar-refractivity contribution in [3.8, 4) is 23.3 Å². The van der Waals surface area contributed by atoms with Crippen molar-refractivity contribution in [1.82, 2.24) is 20.3 Å². The Labute approximate surface area is 224 Å². The van der Waals surface area contributed by atoms with Gasteiger partial charge in [0.15, 0.2) is 5.82 Å². The molecule has 0 radical (unpaired) electrons. The number of alkyl halides is 3. The van der Waals surface area contributed by atoms with Crippen LogP contribution in [0.15, 0.2) is 36.5 Å². The molecule has 3 heterocycles. The van der Waals surface area contributed by atoms with E-state index in [1.54, 1.807) is 17.0 Å². The number of hydrogen-bond acceptors (Lipinski definition) is 7. The minimum Gasteiger partial charge on any atom is -0.463 e. The molecule has 0 amide bonds. The number of aromatic nitrogens is 3. The number of rotatable bonds is 6. The zero-order valence-electron chi connectivity index (χ0n) is 20.2. The number of halogens is 6. The SMILES string of the molecule is N#CCC1CN(c2nc(OCCC(F)(F)F)nc3c(F)c(-c4cccc5ccc(F)c(Cl)c45)ncc23)CCN1. The van der Waals surface area contributed by atoms with Crippen LogP contribution in [-0.4, -0.2) is 53.4 Å². The van der Waals surface area contributed by atoms with E-state index < -0.39 is 36.8 Å². The molecular weight excluding hydrogens is 543 g/mol. The number of nitriles is 1. The summed E-state index contributed by atoms with van der Waals surface area (Å²) in [5.74, 6) is -1.37. The Morgan fingerprint density at radius 2 is 2.00 bits per heavy atom. The topological polar surface area (TPSA) is 87.0 Å². The van der Waals surface area contributed by atoms with E-state index in [1.165, 1.54) is 24.4 Å². The van der Waals surface area contributed by atoms with Crippen molar-refractivity contribution in [2.24, 2.45) is 0 Å². The second kappa shape index (κ2) is 10.7. The van der Waals surface area contributed by atoms with Gasteiger partial charge in [-0.15, -0.1) is 0 Å². The van der Waals surface area contributed by atoms with Crippen molar-refractivity contribution in [1.29, 1.82) is 5.26 Å². The maximum Gasteiger partial charge on any atom is 0.392 e. The lowest BCUT2D eigenvalue weighted by atomic mass is 10.0. The van der Waals surface area contributed by atoms with Crippen LogP contribution in [0.4, 0.5) is 27.8 Å². The number of piperazine rings is 1. The predicted molar refractivity (Wildman–Crippen MR) is 136 cm³/mol. The Bertz CT molecular complexity index is 1590. The fraction of sp³-hybridized carbons (Fsp3) is 0.308. The van der Waals surface area contributed by atoms with Crippen LogP contribution in [0, 0.1) is 23.0 Å². The molecule has 1 atom stereocenters. The van der Waals surface area contributed by atoms with E-state index in [4.69, 9.17) is 21.6 Å². The molecule has 202 valence electrons. The molecule has 13 heteroatoms. The zero-order chi connectivity index (χ0) is 27.7. The van der Waals surface area contributed by atoms with Gasteiger partial charge in [0.05, 0.1) is 29.3 Å². The van der Waals surface area contributed by atoms with Crippen LogP contribution in [-0.2, 0) is 0 Å². The predicted octanol–water partition coefficient (Wildman–Crippen LogP) is 5.80. The average molecular weight is 563 g/mol. The van der Waals surface area contributed by atoms with Crippen LogP contribution in [0.3, 0.4) is 0 Å². The maximum absolute atomic E-state index is 16.2. The summed E-state index contributed by atoms with van der Waals surface area (Å²) in [6.07, 6.45) is -4.14. The lowest BCUT2D eigenvalue weighted by molar-refractivity contribution is -0.139. The molecule has 0 aliphatic carbocycles. The van der Waals surface area contributed by atoms with Crippen LogP contribution >= 0.6 is 11.6 Å². The normalized spacial score (nSPS) is 16.0. The highest BCUT2D eigenvalue weighted by atomic mass is 35.5. The van der Waals surface area contributed by atoms with Crippen LogP contribution in [0.2, 0.25) is 5.02 Å². The van der Waals surface area contributed by atoms with Crippen LogP contribution in [0.1, 0.15) is 12.8 Å². The Morgan fingerprint density at radius 3 is 2.77 bits per heavy atom. The van der Waals surface area contributed by atoms with Gasteiger partial charge in [-0.05, 0) is 11.5 Å². The van der Waals surface area contributed by atoms with Gasteiger partial charge in [0, 0.05) is 42.8 Å². The first-order valence-corrected chi connectivity index (χ1v) is 12.3. The first kappa shape index (κ1) is 26.8. The first-order chi connectivity index (χ1) is 18.7. The molecule has 0 saturated carbocycles. The number of anilines is 1. The average Bonchev–Trinajstić information content (AvgIpc) is 2.90. The second-order valence-corrected chi connectivity index (χ2v) is 9.33. The van der Waals surface area contributed by atoms with Gasteiger partial charge in [0.1, 0.15) is 29.5 Å². The monoisotopic (exact) mass is 562 g/mol. The lowest BCUT2D eigenvalue weighted by Crippen LogP contribution is -2.51. The molecule has 2 aromatic carbocycles. The van der Waals surface area contributed by atoms with Crippen molar-refractivity contribution >= 4 is 39.1 Å². The number of pyridine rings is 1. The summed E-state index contributed by atoms with van der Waals surface area (Å²) < 4.78 is 73.8. The van der Waals surface area contributed by atoms with E-state index >= 15 is 4.39 Å². The number of hydrogen-bond donors (Lipinski definition) is 1. The summed E-state index contributed by atoms with van der Waals surface area (Å²) in [7, 11) is 0. The van der Waals surface area contributed by atoms with Gasteiger partial charge in [-0.25, -0.2) is 8.78 Å². The molecule has 1 unspecified atom stereocenters. The Hall–Kier alpha value is -3.82. The second-order valence-electron chi connectivity index (χ2n) is 8.95. The third-order valence-electron chi connectivity index (χ3n) is 6.34. The molecular formula is C26H20ClF5N6O. The summed E-state index contributed by atoms with van der Waals surface area (Å²) in [6, 6.07) is 9.04. The van der Waals surface area contributed by atoms with E-state index in [9.17, 15) is 17.6 Å². The van der Waals surface area contributed by atoms with E-state index in [0.29, 0.717) is 25.0 Å². The Kier molecular flexibility index (Phi) is 7.38. The molecule has 39 heavy (non-hydrogen) atoms. The fourth-order valence-electron chi connectivity index (χ4n) is 4.54. The highest BCUT2D eigenvalue weighted by Gasteiger charge is 2.29. The number of ether oxygens (including phenoxy) is 1. The molecule has 1 saturated heterocycles. The molecule has 5 rings (SSSR count). The van der Waals surface area contributed by atoms with Gasteiger partial charge < -0.3 is 15.0 Å². The molecule has 2 aromatic heterocycles. The number of nitrogens with zero attached hydrogens (tertiary/aromatic N) is 5. The van der Waals surface area contributed by atoms with Gasteiger partial charge in [-0.2, -0.15) is 28.4 Å². The van der Waals surface area contributed by atoms with Crippen LogP contribution in [0.5, 0.6) is 6.01 Å².